The third-order valence-corrected chi connectivity index (χ3v) is 4.56. The largest absolute Gasteiger partial charge is 0.357 e. The first kappa shape index (κ1) is 15.5. The predicted octanol–water partition coefficient (Wildman–Crippen LogP) is 2.33. The fourth-order valence-electron chi connectivity index (χ4n) is 3.28. The molecule has 120 valence electrons. The lowest BCUT2D eigenvalue weighted by molar-refractivity contribution is -0.126. The summed E-state index contributed by atoms with van der Waals surface area (Å²) in [5.74, 6) is -0.320. The zero-order valence-corrected chi connectivity index (χ0v) is 13.5. The molecule has 0 radical (unpaired) electrons. The first-order valence-electron chi connectivity index (χ1n) is 7.96. The molecule has 1 saturated carbocycles. The normalized spacial score (nSPS) is 16.3. The van der Waals surface area contributed by atoms with Gasteiger partial charge in [-0.05, 0) is 44.0 Å². The van der Waals surface area contributed by atoms with Crippen LogP contribution >= 0.6 is 0 Å². The molecule has 2 aromatic rings. The Kier molecular flexibility index (Phi) is 4.03. The summed E-state index contributed by atoms with van der Waals surface area (Å²) >= 11 is 0. The highest BCUT2D eigenvalue weighted by Crippen LogP contribution is 2.30. The van der Waals surface area contributed by atoms with Crippen LogP contribution in [-0.2, 0) is 4.79 Å². The Balaban J connectivity index is 1.87. The lowest BCUT2D eigenvalue weighted by Gasteiger charge is -2.28. The molecule has 1 aliphatic carbocycles. The summed E-state index contributed by atoms with van der Waals surface area (Å²) in [6.45, 7) is 1.94. The molecule has 0 aliphatic heterocycles. The Morgan fingerprint density at radius 3 is 2.57 bits per heavy atom. The van der Waals surface area contributed by atoms with Gasteiger partial charge in [-0.3, -0.25) is 14.6 Å². The molecular weight excluding hydrogens is 290 g/mol. The Bertz CT molecular complexity index is 764. The SMILES string of the molecule is CNC(=O)C1(NC(=O)c2ccc3nc(C)ccc3c2)CCCC1. The van der Waals surface area contributed by atoms with E-state index in [9.17, 15) is 9.59 Å². The van der Waals surface area contributed by atoms with Crippen molar-refractivity contribution in [2.75, 3.05) is 7.05 Å². The van der Waals surface area contributed by atoms with Crippen LogP contribution in [0.15, 0.2) is 30.3 Å². The second-order valence-electron chi connectivity index (χ2n) is 6.18. The van der Waals surface area contributed by atoms with Crippen molar-refractivity contribution in [1.29, 1.82) is 0 Å². The highest BCUT2D eigenvalue weighted by molar-refractivity contribution is 6.01. The minimum Gasteiger partial charge on any atom is -0.357 e. The number of pyridine rings is 1. The molecule has 5 nitrogen and oxygen atoms in total. The van der Waals surface area contributed by atoms with Crippen LogP contribution in [0.2, 0.25) is 0 Å². The average molecular weight is 311 g/mol. The number of carbonyl (C=O) groups excluding carboxylic acids is 2. The Morgan fingerprint density at radius 2 is 1.87 bits per heavy atom. The molecule has 1 aromatic heterocycles. The highest BCUT2D eigenvalue weighted by atomic mass is 16.2. The van der Waals surface area contributed by atoms with E-state index in [0.29, 0.717) is 18.4 Å². The Morgan fingerprint density at radius 1 is 1.13 bits per heavy atom. The van der Waals surface area contributed by atoms with Crippen LogP contribution < -0.4 is 10.6 Å². The van der Waals surface area contributed by atoms with Gasteiger partial charge in [-0.1, -0.05) is 18.9 Å². The van der Waals surface area contributed by atoms with Crippen molar-refractivity contribution < 1.29 is 9.59 Å². The van der Waals surface area contributed by atoms with Crippen LogP contribution in [0.5, 0.6) is 0 Å². The van der Waals surface area contributed by atoms with E-state index >= 15 is 0 Å². The molecule has 0 saturated heterocycles. The third kappa shape index (κ3) is 2.91. The van der Waals surface area contributed by atoms with Crippen molar-refractivity contribution in [3.05, 3.63) is 41.6 Å². The summed E-state index contributed by atoms with van der Waals surface area (Å²) in [4.78, 5) is 29.3. The van der Waals surface area contributed by atoms with Crippen molar-refractivity contribution >= 4 is 22.7 Å². The van der Waals surface area contributed by atoms with Crippen LogP contribution in [0.3, 0.4) is 0 Å². The van der Waals surface area contributed by atoms with Crippen LogP contribution in [0.25, 0.3) is 10.9 Å². The number of nitrogens with one attached hydrogen (secondary N) is 2. The van der Waals surface area contributed by atoms with Crippen LogP contribution in [0, 0.1) is 6.92 Å². The summed E-state index contributed by atoms with van der Waals surface area (Å²) in [7, 11) is 1.61. The quantitative estimate of drug-likeness (QED) is 0.914. The van der Waals surface area contributed by atoms with E-state index in [4.69, 9.17) is 0 Å². The van der Waals surface area contributed by atoms with Gasteiger partial charge in [0.05, 0.1) is 5.52 Å². The van der Waals surface area contributed by atoms with Crippen LogP contribution in [0.1, 0.15) is 41.7 Å². The van der Waals surface area contributed by atoms with Crippen LogP contribution in [-0.4, -0.2) is 29.4 Å². The minimum atomic E-state index is -0.772. The lowest BCUT2D eigenvalue weighted by Crippen LogP contribution is -2.56. The molecule has 2 amide bonds. The first-order chi connectivity index (χ1) is 11.0. The van der Waals surface area contributed by atoms with Crippen molar-refractivity contribution in [2.45, 2.75) is 38.1 Å². The average Bonchev–Trinajstić information content (AvgIpc) is 3.03. The van der Waals surface area contributed by atoms with Gasteiger partial charge in [-0.15, -0.1) is 0 Å². The first-order valence-corrected chi connectivity index (χ1v) is 7.96. The van der Waals surface area contributed by atoms with Gasteiger partial charge < -0.3 is 10.6 Å². The fourth-order valence-corrected chi connectivity index (χ4v) is 3.28. The van der Waals surface area contributed by atoms with Gasteiger partial charge >= 0.3 is 0 Å². The predicted molar refractivity (Wildman–Crippen MR) is 89.2 cm³/mol. The summed E-state index contributed by atoms with van der Waals surface area (Å²) in [5.41, 5.74) is 1.59. The summed E-state index contributed by atoms with van der Waals surface area (Å²) in [6, 6.07) is 9.31. The van der Waals surface area contributed by atoms with Gasteiger partial charge in [-0.2, -0.15) is 0 Å². The molecule has 0 bridgehead atoms. The molecule has 0 unspecified atom stereocenters. The highest BCUT2D eigenvalue weighted by Gasteiger charge is 2.41. The second kappa shape index (κ2) is 5.99. The van der Waals surface area contributed by atoms with Crippen molar-refractivity contribution in [3.8, 4) is 0 Å². The van der Waals surface area contributed by atoms with Gasteiger partial charge in [-0.25, -0.2) is 0 Å². The van der Waals surface area contributed by atoms with E-state index in [2.05, 4.69) is 15.6 Å². The number of likely N-dealkylation sites (N-methyl/N-ethyl adjacent to an activating group) is 1. The molecule has 2 N–H and O–H groups in total. The monoisotopic (exact) mass is 311 g/mol. The molecule has 1 fully saturated rings. The third-order valence-electron chi connectivity index (χ3n) is 4.56. The van der Waals surface area contributed by atoms with E-state index in [1.165, 1.54) is 0 Å². The van der Waals surface area contributed by atoms with Crippen molar-refractivity contribution in [1.82, 2.24) is 15.6 Å². The fraction of sp³-hybridized carbons (Fsp3) is 0.389. The number of fused-ring (bicyclic) bond motifs is 1. The molecule has 1 aliphatic rings. The van der Waals surface area contributed by atoms with Crippen molar-refractivity contribution in [3.63, 3.8) is 0 Å². The van der Waals surface area contributed by atoms with Gasteiger partial charge in [0.15, 0.2) is 0 Å². The smallest absolute Gasteiger partial charge is 0.252 e. The summed E-state index contributed by atoms with van der Waals surface area (Å²) < 4.78 is 0. The van der Waals surface area contributed by atoms with E-state index in [1.54, 1.807) is 13.1 Å². The van der Waals surface area contributed by atoms with Gasteiger partial charge in [0, 0.05) is 23.7 Å². The van der Waals surface area contributed by atoms with E-state index < -0.39 is 5.54 Å². The number of rotatable bonds is 3. The van der Waals surface area contributed by atoms with Gasteiger partial charge in [0.2, 0.25) is 5.91 Å². The molecule has 1 aromatic carbocycles. The number of aryl methyl sites for hydroxylation is 1. The number of aromatic nitrogens is 1. The number of hydrogen-bond donors (Lipinski definition) is 2. The Hall–Kier alpha value is -2.43. The molecule has 0 spiro atoms. The molecule has 5 heteroatoms. The topological polar surface area (TPSA) is 71.1 Å². The number of carbonyl (C=O) groups is 2. The maximum atomic E-state index is 12.6. The standard InChI is InChI=1S/C18H21N3O2/c1-12-5-6-13-11-14(7-8-15(13)20-12)16(22)21-18(17(23)19-2)9-3-4-10-18/h5-8,11H,3-4,9-10H2,1-2H3,(H,19,23)(H,21,22). The maximum Gasteiger partial charge on any atom is 0.252 e. The van der Waals surface area contributed by atoms with Crippen LogP contribution in [0.4, 0.5) is 0 Å². The minimum absolute atomic E-state index is 0.110. The zero-order chi connectivity index (χ0) is 16.4. The zero-order valence-electron chi connectivity index (χ0n) is 13.5. The number of hydrogen-bond acceptors (Lipinski definition) is 3. The molecular formula is C18H21N3O2. The molecule has 0 atom stereocenters. The van der Waals surface area contributed by atoms with Gasteiger partial charge in [0.25, 0.3) is 5.91 Å². The molecule has 3 rings (SSSR count). The van der Waals surface area contributed by atoms with Gasteiger partial charge in [0.1, 0.15) is 5.54 Å². The van der Waals surface area contributed by atoms with Crippen molar-refractivity contribution in [2.24, 2.45) is 0 Å². The maximum absolute atomic E-state index is 12.6. The lowest BCUT2D eigenvalue weighted by atomic mass is 9.95. The summed E-state index contributed by atoms with van der Waals surface area (Å²) in [5, 5.41) is 6.56. The number of nitrogens with zero attached hydrogens (tertiary/aromatic N) is 1. The molecule has 1 heterocycles. The van der Waals surface area contributed by atoms with E-state index in [1.807, 2.05) is 31.2 Å². The summed E-state index contributed by atoms with van der Waals surface area (Å²) in [6.07, 6.45) is 3.28. The van der Waals surface area contributed by atoms with E-state index in [-0.39, 0.29) is 11.8 Å². The molecule has 23 heavy (non-hydrogen) atoms. The Labute approximate surface area is 135 Å². The van der Waals surface area contributed by atoms with E-state index in [0.717, 1.165) is 29.4 Å². The second-order valence-corrected chi connectivity index (χ2v) is 6.18. The number of amides is 2. The number of benzene rings is 1.